The summed E-state index contributed by atoms with van der Waals surface area (Å²) in [6, 6.07) is 6.04. The van der Waals surface area contributed by atoms with E-state index < -0.39 is 0 Å². The zero-order valence-electron chi connectivity index (χ0n) is 12.5. The zero-order chi connectivity index (χ0) is 14.5. The fourth-order valence-electron chi connectivity index (χ4n) is 2.64. The van der Waals surface area contributed by atoms with Crippen molar-refractivity contribution < 1.29 is 14.2 Å². The summed E-state index contributed by atoms with van der Waals surface area (Å²) in [6.45, 7) is 5.31. The van der Waals surface area contributed by atoms with Crippen molar-refractivity contribution in [2.24, 2.45) is 5.73 Å². The number of nitrogens with two attached hydrogens (primary N) is 1. The molecule has 112 valence electrons. The minimum Gasteiger partial charge on any atom is -0.493 e. The molecule has 1 saturated heterocycles. The lowest BCUT2D eigenvalue weighted by atomic mass is 10.1. The molecule has 0 saturated carbocycles. The second kappa shape index (κ2) is 6.92. The Balaban J connectivity index is 2.05. The van der Waals surface area contributed by atoms with E-state index in [9.17, 15) is 0 Å². The fraction of sp³-hybridized carbons (Fsp3) is 0.600. The van der Waals surface area contributed by atoms with E-state index in [1.807, 2.05) is 12.1 Å². The third-order valence-corrected chi connectivity index (χ3v) is 3.52. The summed E-state index contributed by atoms with van der Waals surface area (Å²) in [5, 5.41) is 0. The average molecular weight is 280 g/mol. The molecule has 1 aromatic carbocycles. The monoisotopic (exact) mass is 280 g/mol. The number of benzene rings is 1. The van der Waals surface area contributed by atoms with Crippen LogP contribution in [0.2, 0.25) is 0 Å². The van der Waals surface area contributed by atoms with Gasteiger partial charge in [-0.15, -0.1) is 0 Å². The lowest BCUT2D eigenvalue weighted by Gasteiger charge is -2.36. The van der Waals surface area contributed by atoms with Crippen LogP contribution in [-0.4, -0.2) is 51.0 Å². The van der Waals surface area contributed by atoms with Crippen LogP contribution in [0.25, 0.3) is 0 Å². The molecule has 0 aliphatic carbocycles. The van der Waals surface area contributed by atoms with E-state index in [0.29, 0.717) is 6.54 Å². The Kier molecular flexibility index (Phi) is 5.23. The molecule has 2 unspecified atom stereocenters. The van der Waals surface area contributed by atoms with Crippen LogP contribution in [0.15, 0.2) is 18.2 Å². The van der Waals surface area contributed by atoms with Gasteiger partial charge in [-0.3, -0.25) is 4.90 Å². The number of methoxy groups -OCH3 is 2. The van der Waals surface area contributed by atoms with Gasteiger partial charge in [-0.1, -0.05) is 6.07 Å². The van der Waals surface area contributed by atoms with E-state index in [1.54, 1.807) is 14.2 Å². The molecular formula is C15H24N2O3. The highest BCUT2D eigenvalue weighted by molar-refractivity contribution is 5.42. The third-order valence-electron chi connectivity index (χ3n) is 3.52. The van der Waals surface area contributed by atoms with E-state index in [1.165, 1.54) is 5.56 Å². The van der Waals surface area contributed by atoms with Crippen LogP contribution in [0.1, 0.15) is 12.5 Å². The molecule has 0 amide bonds. The summed E-state index contributed by atoms with van der Waals surface area (Å²) in [7, 11) is 3.30. The van der Waals surface area contributed by atoms with Crippen molar-refractivity contribution in [3.8, 4) is 11.5 Å². The summed E-state index contributed by atoms with van der Waals surface area (Å²) in [5.41, 5.74) is 6.92. The van der Waals surface area contributed by atoms with Crippen molar-refractivity contribution in [3.63, 3.8) is 0 Å². The van der Waals surface area contributed by atoms with Crippen LogP contribution in [0.4, 0.5) is 0 Å². The molecule has 1 aliphatic rings. The van der Waals surface area contributed by atoms with Crippen molar-refractivity contribution in [1.82, 2.24) is 4.90 Å². The molecule has 0 radical (unpaired) electrons. The van der Waals surface area contributed by atoms with Gasteiger partial charge >= 0.3 is 0 Å². The standard InChI is InChI=1S/C15H24N2O3/c1-11-8-17(10-13(7-16)20-11)9-12-4-5-14(18-2)15(6-12)19-3/h4-6,11,13H,7-10,16H2,1-3H3. The van der Waals surface area contributed by atoms with Crippen LogP contribution >= 0.6 is 0 Å². The number of rotatable bonds is 5. The van der Waals surface area contributed by atoms with Gasteiger partial charge in [-0.05, 0) is 24.6 Å². The zero-order valence-corrected chi connectivity index (χ0v) is 12.5. The molecule has 1 fully saturated rings. The highest BCUT2D eigenvalue weighted by Crippen LogP contribution is 2.28. The SMILES string of the molecule is COc1ccc(CN2CC(C)OC(CN)C2)cc1OC. The van der Waals surface area contributed by atoms with Gasteiger partial charge in [0.25, 0.3) is 0 Å². The summed E-state index contributed by atoms with van der Waals surface area (Å²) < 4.78 is 16.4. The Hall–Kier alpha value is -1.30. The third kappa shape index (κ3) is 3.62. The Bertz CT molecular complexity index is 439. The van der Waals surface area contributed by atoms with E-state index in [0.717, 1.165) is 31.1 Å². The van der Waals surface area contributed by atoms with Gasteiger partial charge in [-0.2, -0.15) is 0 Å². The van der Waals surface area contributed by atoms with Crippen LogP contribution in [0.5, 0.6) is 11.5 Å². The predicted octanol–water partition coefficient (Wildman–Crippen LogP) is 1.25. The summed E-state index contributed by atoms with van der Waals surface area (Å²) in [6.07, 6.45) is 0.344. The van der Waals surface area contributed by atoms with Crippen molar-refractivity contribution in [2.75, 3.05) is 33.9 Å². The van der Waals surface area contributed by atoms with Gasteiger partial charge in [-0.25, -0.2) is 0 Å². The molecule has 0 aromatic heterocycles. The summed E-state index contributed by atoms with van der Waals surface area (Å²) in [5.74, 6) is 1.52. The minimum absolute atomic E-state index is 0.124. The molecule has 2 rings (SSSR count). The van der Waals surface area contributed by atoms with E-state index in [4.69, 9.17) is 19.9 Å². The first-order valence-corrected chi connectivity index (χ1v) is 6.95. The maximum absolute atomic E-state index is 5.77. The van der Waals surface area contributed by atoms with Crippen LogP contribution in [0, 0.1) is 0 Å². The first-order valence-electron chi connectivity index (χ1n) is 6.95. The first-order chi connectivity index (χ1) is 9.66. The van der Waals surface area contributed by atoms with Crippen molar-refractivity contribution in [2.45, 2.75) is 25.7 Å². The van der Waals surface area contributed by atoms with Crippen LogP contribution in [0.3, 0.4) is 0 Å². The number of nitrogens with zero attached hydrogens (tertiary/aromatic N) is 1. The number of morpholine rings is 1. The predicted molar refractivity (Wildman–Crippen MR) is 78.2 cm³/mol. The summed E-state index contributed by atoms with van der Waals surface area (Å²) in [4.78, 5) is 2.37. The highest BCUT2D eigenvalue weighted by atomic mass is 16.5. The fourth-order valence-corrected chi connectivity index (χ4v) is 2.64. The van der Waals surface area contributed by atoms with Gasteiger partial charge in [0.05, 0.1) is 26.4 Å². The van der Waals surface area contributed by atoms with Gasteiger partial charge < -0.3 is 19.9 Å². The van der Waals surface area contributed by atoms with Gasteiger partial charge in [0.1, 0.15) is 0 Å². The first kappa shape index (κ1) is 15.1. The Labute approximate surface area is 120 Å². The number of hydrogen-bond donors (Lipinski definition) is 1. The lowest BCUT2D eigenvalue weighted by Crippen LogP contribution is -2.48. The van der Waals surface area contributed by atoms with E-state index >= 15 is 0 Å². The lowest BCUT2D eigenvalue weighted by molar-refractivity contribution is -0.0745. The van der Waals surface area contributed by atoms with E-state index in [2.05, 4.69) is 17.9 Å². The largest absolute Gasteiger partial charge is 0.493 e. The normalized spacial score (nSPS) is 23.6. The van der Waals surface area contributed by atoms with Crippen molar-refractivity contribution >= 4 is 0 Å². The number of hydrogen-bond acceptors (Lipinski definition) is 5. The average Bonchev–Trinajstić information content (AvgIpc) is 2.46. The molecule has 5 nitrogen and oxygen atoms in total. The Morgan fingerprint density at radius 1 is 1.25 bits per heavy atom. The highest BCUT2D eigenvalue weighted by Gasteiger charge is 2.24. The molecule has 2 N–H and O–H groups in total. The van der Waals surface area contributed by atoms with Crippen molar-refractivity contribution in [1.29, 1.82) is 0 Å². The summed E-state index contributed by atoms with van der Waals surface area (Å²) >= 11 is 0. The van der Waals surface area contributed by atoms with Crippen molar-refractivity contribution in [3.05, 3.63) is 23.8 Å². The quantitative estimate of drug-likeness (QED) is 0.880. The van der Waals surface area contributed by atoms with Crippen LogP contribution in [-0.2, 0) is 11.3 Å². The van der Waals surface area contributed by atoms with Gasteiger partial charge in [0, 0.05) is 26.2 Å². The minimum atomic E-state index is 0.124. The maximum atomic E-state index is 5.77. The molecule has 2 atom stereocenters. The molecule has 0 spiro atoms. The van der Waals surface area contributed by atoms with Crippen LogP contribution < -0.4 is 15.2 Å². The molecule has 20 heavy (non-hydrogen) atoms. The van der Waals surface area contributed by atoms with Gasteiger partial charge in [0.15, 0.2) is 11.5 Å². The topological polar surface area (TPSA) is 57.0 Å². The number of ether oxygens (including phenoxy) is 3. The molecule has 0 bridgehead atoms. The smallest absolute Gasteiger partial charge is 0.161 e. The maximum Gasteiger partial charge on any atom is 0.161 e. The molecule has 1 aliphatic heterocycles. The second-order valence-electron chi connectivity index (χ2n) is 5.19. The Morgan fingerprint density at radius 3 is 2.65 bits per heavy atom. The van der Waals surface area contributed by atoms with Gasteiger partial charge in [0.2, 0.25) is 0 Å². The second-order valence-corrected chi connectivity index (χ2v) is 5.19. The Morgan fingerprint density at radius 2 is 2.00 bits per heavy atom. The molecule has 5 heteroatoms. The molecule has 1 aromatic rings. The van der Waals surface area contributed by atoms with E-state index in [-0.39, 0.29) is 12.2 Å². The molecular weight excluding hydrogens is 256 g/mol. The molecule has 1 heterocycles.